The highest BCUT2D eigenvalue weighted by Crippen LogP contribution is 2.32. The molecule has 1 aromatic rings. The average Bonchev–Trinajstić information content (AvgIpc) is 2.64. The van der Waals surface area contributed by atoms with Crippen molar-refractivity contribution < 1.29 is 8.42 Å². The summed E-state index contributed by atoms with van der Waals surface area (Å²) in [7, 11) is -3.59. The quantitative estimate of drug-likeness (QED) is 0.867. The van der Waals surface area contributed by atoms with Crippen molar-refractivity contribution in [1.82, 2.24) is 0 Å². The molecule has 0 spiro atoms. The van der Waals surface area contributed by atoms with Crippen LogP contribution in [0.25, 0.3) is 0 Å². The molecule has 0 amide bonds. The highest BCUT2D eigenvalue weighted by atomic mass is 32.2. The van der Waals surface area contributed by atoms with Gasteiger partial charge in [0.05, 0.1) is 4.90 Å². The molecule has 1 aliphatic carbocycles. The highest BCUT2D eigenvalue weighted by Gasteiger charge is 2.28. The first-order valence-corrected chi connectivity index (χ1v) is 7.35. The number of nitrogens with one attached hydrogen (secondary N) is 1. The van der Waals surface area contributed by atoms with Crippen LogP contribution in [0.3, 0.4) is 0 Å². The van der Waals surface area contributed by atoms with Gasteiger partial charge in [-0.3, -0.25) is 0 Å². The molecule has 0 atom stereocenters. The van der Waals surface area contributed by atoms with Crippen LogP contribution in [0.2, 0.25) is 0 Å². The maximum Gasteiger partial charge on any atom is 0.238 e. The third kappa shape index (κ3) is 2.98. The Kier molecular flexibility index (Phi) is 3.14. The fourth-order valence-electron chi connectivity index (χ4n) is 2.36. The van der Waals surface area contributed by atoms with Gasteiger partial charge in [0.15, 0.2) is 0 Å². The standard InChI is InChI=1S/C12H18N2O2S/c1-12(8-2-3-9-12)14-10-4-6-11(7-5-10)17(13,15)16/h4-7,14H,2-3,8-9H2,1H3,(H2,13,15,16). The summed E-state index contributed by atoms with van der Waals surface area (Å²) in [5.74, 6) is 0. The van der Waals surface area contributed by atoms with Crippen LogP contribution < -0.4 is 10.5 Å². The predicted molar refractivity (Wildman–Crippen MR) is 68.3 cm³/mol. The van der Waals surface area contributed by atoms with Gasteiger partial charge in [-0.2, -0.15) is 0 Å². The molecule has 4 nitrogen and oxygen atoms in total. The van der Waals surface area contributed by atoms with E-state index in [9.17, 15) is 8.42 Å². The van der Waals surface area contributed by atoms with Crippen LogP contribution in [0.5, 0.6) is 0 Å². The number of hydrogen-bond donors (Lipinski definition) is 2. The molecule has 94 valence electrons. The molecule has 0 unspecified atom stereocenters. The molecule has 1 aromatic carbocycles. The van der Waals surface area contributed by atoms with Gasteiger partial charge in [0.2, 0.25) is 10.0 Å². The van der Waals surface area contributed by atoms with Crippen molar-refractivity contribution in [3.8, 4) is 0 Å². The number of primary sulfonamides is 1. The minimum absolute atomic E-state index is 0.142. The van der Waals surface area contributed by atoms with Crippen molar-refractivity contribution in [2.75, 3.05) is 5.32 Å². The van der Waals surface area contributed by atoms with E-state index >= 15 is 0 Å². The molecule has 17 heavy (non-hydrogen) atoms. The van der Waals surface area contributed by atoms with Gasteiger partial charge in [-0.1, -0.05) is 12.8 Å². The summed E-state index contributed by atoms with van der Waals surface area (Å²) in [5, 5.41) is 8.51. The van der Waals surface area contributed by atoms with Gasteiger partial charge in [-0.25, -0.2) is 13.6 Å². The minimum atomic E-state index is -3.59. The van der Waals surface area contributed by atoms with Crippen molar-refractivity contribution in [1.29, 1.82) is 0 Å². The van der Waals surface area contributed by atoms with Gasteiger partial charge in [0.25, 0.3) is 0 Å². The molecule has 0 bridgehead atoms. The number of sulfonamides is 1. The first-order valence-electron chi connectivity index (χ1n) is 5.80. The second kappa shape index (κ2) is 4.31. The lowest BCUT2D eigenvalue weighted by atomic mass is 10.0. The average molecular weight is 254 g/mol. The van der Waals surface area contributed by atoms with Gasteiger partial charge in [0, 0.05) is 11.2 Å². The summed E-state index contributed by atoms with van der Waals surface area (Å²) in [6.45, 7) is 2.20. The SMILES string of the molecule is CC1(Nc2ccc(S(N)(=O)=O)cc2)CCCC1. The lowest BCUT2D eigenvalue weighted by Gasteiger charge is -2.26. The van der Waals surface area contributed by atoms with E-state index in [0.717, 1.165) is 18.5 Å². The van der Waals surface area contributed by atoms with Crippen molar-refractivity contribution in [3.05, 3.63) is 24.3 Å². The van der Waals surface area contributed by atoms with Gasteiger partial charge < -0.3 is 5.32 Å². The summed E-state index contributed by atoms with van der Waals surface area (Å²) >= 11 is 0. The van der Waals surface area contributed by atoms with Gasteiger partial charge in [-0.05, 0) is 44.0 Å². The second-order valence-electron chi connectivity index (χ2n) is 4.96. The lowest BCUT2D eigenvalue weighted by molar-refractivity contribution is 0.533. The number of rotatable bonds is 3. The van der Waals surface area contributed by atoms with Crippen LogP contribution in [-0.4, -0.2) is 14.0 Å². The molecule has 1 aliphatic rings. The number of anilines is 1. The van der Waals surface area contributed by atoms with E-state index in [1.165, 1.54) is 25.0 Å². The highest BCUT2D eigenvalue weighted by molar-refractivity contribution is 7.89. The molecule has 2 rings (SSSR count). The van der Waals surface area contributed by atoms with Gasteiger partial charge in [0.1, 0.15) is 0 Å². The van der Waals surface area contributed by atoms with Crippen LogP contribution in [-0.2, 0) is 10.0 Å². The van der Waals surface area contributed by atoms with Crippen LogP contribution in [0.4, 0.5) is 5.69 Å². The molecule has 0 aliphatic heterocycles. The lowest BCUT2D eigenvalue weighted by Crippen LogP contribution is -2.30. The summed E-state index contributed by atoms with van der Waals surface area (Å²) in [6.07, 6.45) is 4.81. The van der Waals surface area contributed by atoms with E-state index in [4.69, 9.17) is 5.14 Å². The number of benzene rings is 1. The molecular weight excluding hydrogens is 236 g/mol. The number of nitrogens with two attached hydrogens (primary N) is 1. The predicted octanol–water partition coefficient (Wildman–Crippen LogP) is 2.08. The van der Waals surface area contributed by atoms with Crippen molar-refractivity contribution >= 4 is 15.7 Å². The second-order valence-corrected chi connectivity index (χ2v) is 6.52. The first-order chi connectivity index (χ1) is 7.89. The summed E-state index contributed by atoms with van der Waals surface area (Å²) in [5.41, 5.74) is 1.09. The van der Waals surface area contributed by atoms with Crippen LogP contribution in [0.15, 0.2) is 29.2 Å². The Morgan fingerprint density at radius 2 is 1.71 bits per heavy atom. The molecule has 5 heteroatoms. The van der Waals surface area contributed by atoms with Crippen molar-refractivity contribution in [2.24, 2.45) is 5.14 Å². The van der Waals surface area contributed by atoms with E-state index in [0.29, 0.717) is 0 Å². The molecule has 0 radical (unpaired) electrons. The topological polar surface area (TPSA) is 72.2 Å². The molecular formula is C12H18N2O2S. The fraction of sp³-hybridized carbons (Fsp3) is 0.500. The van der Waals surface area contributed by atoms with Crippen molar-refractivity contribution in [3.63, 3.8) is 0 Å². The Balaban J connectivity index is 2.13. The van der Waals surface area contributed by atoms with Crippen LogP contribution in [0.1, 0.15) is 32.6 Å². The molecule has 1 fully saturated rings. The smallest absolute Gasteiger partial charge is 0.238 e. The Morgan fingerprint density at radius 3 is 2.18 bits per heavy atom. The Labute approximate surface area is 102 Å². The zero-order valence-corrected chi connectivity index (χ0v) is 10.8. The van der Waals surface area contributed by atoms with E-state index < -0.39 is 10.0 Å². The first kappa shape index (κ1) is 12.4. The summed E-state index contributed by atoms with van der Waals surface area (Å²) in [4.78, 5) is 0.152. The largest absolute Gasteiger partial charge is 0.380 e. The van der Waals surface area contributed by atoms with Gasteiger partial charge in [-0.15, -0.1) is 0 Å². The monoisotopic (exact) mass is 254 g/mol. The maximum absolute atomic E-state index is 11.1. The fourth-order valence-corrected chi connectivity index (χ4v) is 2.87. The van der Waals surface area contributed by atoms with Crippen LogP contribution in [0, 0.1) is 0 Å². The molecule has 1 saturated carbocycles. The third-order valence-electron chi connectivity index (χ3n) is 3.34. The number of hydrogen-bond acceptors (Lipinski definition) is 3. The Hall–Kier alpha value is -1.07. The zero-order valence-electron chi connectivity index (χ0n) is 9.94. The Morgan fingerprint density at radius 1 is 1.18 bits per heavy atom. The molecule has 0 aromatic heterocycles. The van der Waals surface area contributed by atoms with Crippen molar-refractivity contribution in [2.45, 2.75) is 43.0 Å². The maximum atomic E-state index is 11.1. The van der Waals surface area contributed by atoms with Gasteiger partial charge >= 0.3 is 0 Å². The normalized spacial score (nSPS) is 19.2. The van der Waals surface area contributed by atoms with E-state index in [1.807, 2.05) is 0 Å². The summed E-state index contributed by atoms with van der Waals surface area (Å²) in [6, 6.07) is 6.61. The summed E-state index contributed by atoms with van der Waals surface area (Å²) < 4.78 is 22.2. The zero-order chi connectivity index (χ0) is 12.5. The van der Waals surface area contributed by atoms with E-state index in [-0.39, 0.29) is 10.4 Å². The molecule has 3 N–H and O–H groups in total. The van der Waals surface area contributed by atoms with Crippen LogP contribution >= 0.6 is 0 Å². The Bertz CT molecular complexity index is 488. The van der Waals surface area contributed by atoms with E-state index in [2.05, 4.69) is 12.2 Å². The van der Waals surface area contributed by atoms with E-state index in [1.54, 1.807) is 12.1 Å². The minimum Gasteiger partial charge on any atom is -0.380 e. The molecule has 0 heterocycles. The third-order valence-corrected chi connectivity index (χ3v) is 4.27. The molecule has 0 saturated heterocycles.